The minimum absolute atomic E-state index is 0.109. The van der Waals surface area contributed by atoms with Gasteiger partial charge >= 0.3 is 6.09 Å². The zero-order valence-corrected chi connectivity index (χ0v) is 14.8. The van der Waals surface area contributed by atoms with E-state index in [1.165, 1.54) is 11.0 Å². The molecule has 3 amide bonds. The van der Waals surface area contributed by atoms with Crippen molar-refractivity contribution in [2.45, 2.75) is 32.1 Å². The van der Waals surface area contributed by atoms with Crippen molar-refractivity contribution >= 4 is 23.6 Å². The molecule has 0 aromatic heterocycles. The van der Waals surface area contributed by atoms with Gasteiger partial charge in [0.2, 0.25) is 5.91 Å². The zero-order valence-electron chi connectivity index (χ0n) is 14.8. The van der Waals surface area contributed by atoms with Crippen molar-refractivity contribution in [2.24, 2.45) is 0 Å². The van der Waals surface area contributed by atoms with Gasteiger partial charge in [0, 0.05) is 23.4 Å². The first-order valence-electron chi connectivity index (χ1n) is 8.82. The number of unbranched alkanes of at least 4 members (excludes halogenated alkanes) is 1. The van der Waals surface area contributed by atoms with Crippen molar-refractivity contribution in [3.05, 3.63) is 53.6 Å². The summed E-state index contributed by atoms with van der Waals surface area (Å²) in [7, 11) is 0. The normalized spacial score (nSPS) is 18.1. The van der Waals surface area contributed by atoms with Crippen LogP contribution in [0.3, 0.4) is 0 Å². The summed E-state index contributed by atoms with van der Waals surface area (Å²) in [5.41, 5.74) is 2.51. The number of amides is 3. The molecule has 2 aliphatic rings. The Morgan fingerprint density at radius 2 is 2.15 bits per heavy atom. The number of hydrogen-bond donors (Lipinski definition) is 1. The lowest BCUT2D eigenvalue weighted by molar-refractivity contribution is -0.130. The standard InChI is InChI=1S/C20H22N2O4/c1-3-5-11-22-18(23)14-8-6-7-13-16(21-20(25)26-12-4-2)10-9-15(17(13)14)19(22)24/h4,6-8,10,15H,2-3,5,9,11-12H2,1H3,(H,21,25). The van der Waals surface area contributed by atoms with Gasteiger partial charge in [0.1, 0.15) is 6.61 Å². The maximum atomic E-state index is 12.8. The summed E-state index contributed by atoms with van der Waals surface area (Å²) in [6, 6.07) is 5.33. The Morgan fingerprint density at radius 1 is 1.38 bits per heavy atom. The second-order valence-corrected chi connectivity index (χ2v) is 6.33. The van der Waals surface area contributed by atoms with Gasteiger partial charge in [-0.2, -0.15) is 0 Å². The first-order valence-corrected chi connectivity index (χ1v) is 8.82. The Labute approximate surface area is 152 Å². The van der Waals surface area contributed by atoms with Crippen molar-refractivity contribution in [3.8, 4) is 0 Å². The van der Waals surface area contributed by atoms with Gasteiger partial charge < -0.3 is 4.74 Å². The van der Waals surface area contributed by atoms with E-state index < -0.39 is 6.09 Å². The number of imide groups is 1. The Hall–Kier alpha value is -2.89. The fourth-order valence-corrected chi connectivity index (χ4v) is 3.41. The average Bonchev–Trinajstić information content (AvgIpc) is 2.65. The van der Waals surface area contributed by atoms with Gasteiger partial charge in [0.25, 0.3) is 5.91 Å². The molecule has 1 unspecified atom stereocenters. The van der Waals surface area contributed by atoms with Gasteiger partial charge in [-0.15, -0.1) is 0 Å². The van der Waals surface area contributed by atoms with Crippen molar-refractivity contribution in [1.29, 1.82) is 0 Å². The monoisotopic (exact) mass is 354 g/mol. The predicted molar refractivity (Wildman–Crippen MR) is 97.4 cm³/mol. The highest BCUT2D eigenvalue weighted by molar-refractivity contribution is 6.13. The van der Waals surface area contributed by atoms with Gasteiger partial charge in [-0.05, 0) is 24.5 Å². The second-order valence-electron chi connectivity index (χ2n) is 6.33. The van der Waals surface area contributed by atoms with Crippen LogP contribution in [-0.2, 0) is 9.53 Å². The molecule has 1 aromatic rings. The number of nitrogens with one attached hydrogen (secondary N) is 1. The molecule has 1 heterocycles. The van der Waals surface area contributed by atoms with Gasteiger partial charge in [0.15, 0.2) is 0 Å². The molecule has 1 atom stereocenters. The average molecular weight is 354 g/mol. The Bertz CT molecular complexity index is 797. The molecule has 1 aliphatic heterocycles. The van der Waals surface area contributed by atoms with Gasteiger partial charge in [-0.25, -0.2) is 4.79 Å². The van der Waals surface area contributed by atoms with Crippen LogP contribution >= 0.6 is 0 Å². The number of nitrogens with zero attached hydrogens (tertiary/aromatic N) is 1. The molecule has 136 valence electrons. The summed E-state index contributed by atoms with van der Waals surface area (Å²) in [5.74, 6) is -0.800. The number of benzene rings is 1. The number of carbonyl (C=O) groups is 3. The predicted octanol–water partition coefficient (Wildman–Crippen LogP) is 3.21. The third kappa shape index (κ3) is 3.14. The molecule has 0 saturated heterocycles. The maximum Gasteiger partial charge on any atom is 0.411 e. The van der Waals surface area contributed by atoms with E-state index in [0.717, 1.165) is 12.8 Å². The topological polar surface area (TPSA) is 75.7 Å². The van der Waals surface area contributed by atoms with Crippen molar-refractivity contribution in [2.75, 3.05) is 13.2 Å². The summed E-state index contributed by atoms with van der Waals surface area (Å²) in [5, 5.41) is 2.70. The number of rotatable bonds is 6. The quantitative estimate of drug-likeness (QED) is 0.629. The summed E-state index contributed by atoms with van der Waals surface area (Å²) >= 11 is 0. The van der Waals surface area contributed by atoms with Crippen LogP contribution in [0.15, 0.2) is 36.9 Å². The molecule has 1 N–H and O–H groups in total. The SMILES string of the molecule is C=CCOC(=O)NC1=CCC2C(=O)N(CCCC)C(=O)c3cccc1c32. The second kappa shape index (κ2) is 7.56. The van der Waals surface area contributed by atoms with Gasteiger partial charge in [0.05, 0.1) is 5.92 Å². The smallest absolute Gasteiger partial charge is 0.411 e. The fraction of sp³-hybridized carbons (Fsp3) is 0.350. The van der Waals surface area contributed by atoms with E-state index in [-0.39, 0.29) is 24.3 Å². The van der Waals surface area contributed by atoms with Crippen molar-refractivity contribution < 1.29 is 19.1 Å². The third-order valence-corrected chi connectivity index (χ3v) is 4.65. The maximum absolute atomic E-state index is 12.8. The molecule has 6 heteroatoms. The molecule has 0 bridgehead atoms. The first-order chi connectivity index (χ1) is 12.6. The fourth-order valence-electron chi connectivity index (χ4n) is 3.41. The summed E-state index contributed by atoms with van der Waals surface area (Å²) in [4.78, 5) is 38.9. The van der Waals surface area contributed by atoms with Crippen LogP contribution in [0.5, 0.6) is 0 Å². The lowest BCUT2D eigenvalue weighted by atomic mass is 9.78. The Kier molecular flexibility index (Phi) is 5.21. The number of carbonyl (C=O) groups excluding carboxylic acids is 3. The molecule has 0 fully saturated rings. The molecular weight excluding hydrogens is 332 g/mol. The van der Waals surface area contributed by atoms with E-state index in [9.17, 15) is 14.4 Å². The molecular formula is C20H22N2O4. The summed E-state index contributed by atoms with van der Waals surface area (Å²) in [6.45, 7) is 6.08. The van der Waals surface area contributed by atoms with E-state index >= 15 is 0 Å². The van der Waals surface area contributed by atoms with Crippen LogP contribution in [0.4, 0.5) is 4.79 Å². The molecule has 0 radical (unpaired) electrons. The van der Waals surface area contributed by atoms with Crippen molar-refractivity contribution in [3.63, 3.8) is 0 Å². The number of allylic oxidation sites excluding steroid dienone is 1. The number of ether oxygens (including phenoxy) is 1. The van der Waals surface area contributed by atoms with Crippen LogP contribution in [0, 0.1) is 0 Å². The number of alkyl carbamates (subject to hydrolysis) is 1. The summed E-state index contributed by atoms with van der Waals surface area (Å²) in [6.07, 6.45) is 4.85. The molecule has 0 saturated carbocycles. The lowest BCUT2D eigenvalue weighted by Crippen LogP contribution is -2.46. The van der Waals surface area contributed by atoms with E-state index in [4.69, 9.17) is 4.74 Å². The molecule has 6 nitrogen and oxygen atoms in total. The van der Waals surface area contributed by atoms with Crippen LogP contribution in [-0.4, -0.2) is 36.0 Å². The van der Waals surface area contributed by atoms with Crippen LogP contribution in [0.2, 0.25) is 0 Å². The van der Waals surface area contributed by atoms with Crippen LogP contribution in [0.1, 0.15) is 53.6 Å². The van der Waals surface area contributed by atoms with Gasteiger partial charge in [-0.1, -0.05) is 44.2 Å². The molecule has 26 heavy (non-hydrogen) atoms. The molecule has 1 aromatic carbocycles. The Morgan fingerprint density at radius 3 is 2.88 bits per heavy atom. The number of hydrogen-bond acceptors (Lipinski definition) is 4. The highest BCUT2D eigenvalue weighted by Gasteiger charge is 2.41. The largest absolute Gasteiger partial charge is 0.445 e. The molecule has 3 rings (SSSR count). The molecule has 1 aliphatic carbocycles. The van der Waals surface area contributed by atoms with Gasteiger partial charge in [-0.3, -0.25) is 19.8 Å². The highest BCUT2D eigenvalue weighted by Crippen LogP contribution is 2.40. The van der Waals surface area contributed by atoms with E-state index in [1.54, 1.807) is 12.1 Å². The van der Waals surface area contributed by atoms with E-state index in [1.807, 2.05) is 19.1 Å². The summed E-state index contributed by atoms with van der Waals surface area (Å²) < 4.78 is 4.96. The highest BCUT2D eigenvalue weighted by atomic mass is 16.5. The minimum atomic E-state index is -0.592. The molecule has 0 spiro atoms. The van der Waals surface area contributed by atoms with E-state index in [2.05, 4.69) is 11.9 Å². The van der Waals surface area contributed by atoms with E-state index in [0.29, 0.717) is 35.4 Å². The first kappa shape index (κ1) is 17.9. The zero-order chi connectivity index (χ0) is 18.7. The third-order valence-electron chi connectivity index (χ3n) is 4.65. The van der Waals surface area contributed by atoms with Crippen LogP contribution < -0.4 is 5.32 Å². The Balaban J connectivity index is 1.93. The lowest BCUT2D eigenvalue weighted by Gasteiger charge is -2.36. The van der Waals surface area contributed by atoms with Crippen molar-refractivity contribution in [1.82, 2.24) is 10.2 Å². The van der Waals surface area contributed by atoms with Crippen LogP contribution in [0.25, 0.3) is 5.70 Å². The minimum Gasteiger partial charge on any atom is -0.445 e.